The first kappa shape index (κ1) is 7.59. The van der Waals surface area contributed by atoms with E-state index >= 15 is 0 Å². The Morgan fingerprint density at radius 2 is 1.80 bits per heavy atom. The van der Waals surface area contributed by atoms with Gasteiger partial charge in [-0.05, 0) is 40.0 Å². The van der Waals surface area contributed by atoms with Gasteiger partial charge in [-0.25, -0.2) is 0 Å². The van der Waals surface area contributed by atoms with E-state index in [9.17, 15) is 0 Å². The van der Waals surface area contributed by atoms with E-state index in [0.29, 0.717) is 0 Å². The first-order valence-electron chi connectivity index (χ1n) is 4.03. The molecule has 0 saturated heterocycles. The van der Waals surface area contributed by atoms with Crippen LogP contribution in [0.1, 0.15) is 40.0 Å². The Kier molecular flexibility index (Phi) is 2.31. The molecule has 0 unspecified atom stereocenters. The molecular weight excluding hydrogens is 120 g/mol. The predicted octanol–water partition coefficient (Wildman–Crippen LogP) is 3.45. The third-order valence-electron chi connectivity index (χ3n) is 2.26. The fraction of sp³-hybridized carbons (Fsp3) is 0.600. The van der Waals surface area contributed by atoms with Gasteiger partial charge in [0.2, 0.25) is 0 Å². The molecule has 0 aliphatic heterocycles. The van der Waals surface area contributed by atoms with Gasteiger partial charge < -0.3 is 0 Å². The monoisotopic (exact) mass is 136 g/mol. The maximum absolute atomic E-state index is 2.32. The molecule has 0 spiro atoms. The van der Waals surface area contributed by atoms with Gasteiger partial charge in [-0.2, -0.15) is 0 Å². The highest BCUT2D eigenvalue weighted by Gasteiger charge is 2.01. The molecule has 0 saturated carbocycles. The zero-order chi connectivity index (χ0) is 7.56. The molecule has 0 N–H and O–H groups in total. The molecule has 0 heteroatoms. The lowest BCUT2D eigenvalue weighted by Gasteiger charge is -1.97. The van der Waals surface area contributed by atoms with Crippen molar-refractivity contribution in [3.8, 4) is 0 Å². The summed E-state index contributed by atoms with van der Waals surface area (Å²) in [5.74, 6) is 0. The third kappa shape index (κ3) is 1.73. The second-order valence-corrected chi connectivity index (χ2v) is 3.31. The minimum atomic E-state index is 1.29. The summed E-state index contributed by atoms with van der Waals surface area (Å²) in [6, 6.07) is 0. The Morgan fingerprint density at radius 1 is 1.10 bits per heavy atom. The van der Waals surface area contributed by atoms with E-state index in [4.69, 9.17) is 0 Å². The Balaban J connectivity index is 2.82. The number of allylic oxidation sites excluding steroid dienone is 4. The Hall–Kier alpha value is -0.520. The normalized spacial score (nSPS) is 20.5. The van der Waals surface area contributed by atoms with Crippen molar-refractivity contribution in [1.29, 1.82) is 0 Å². The highest BCUT2D eigenvalue weighted by atomic mass is 14.1. The van der Waals surface area contributed by atoms with Gasteiger partial charge in [0.25, 0.3) is 0 Å². The fourth-order valence-electron chi connectivity index (χ4n) is 1.39. The summed E-state index contributed by atoms with van der Waals surface area (Å²) < 4.78 is 0. The summed E-state index contributed by atoms with van der Waals surface area (Å²) in [4.78, 5) is 0. The van der Waals surface area contributed by atoms with Crippen molar-refractivity contribution in [3.63, 3.8) is 0 Å². The Labute approximate surface area is 63.6 Å². The highest BCUT2D eigenvalue weighted by Crippen LogP contribution is 2.21. The van der Waals surface area contributed by atoms with Crippen molar-refractivity contribution in [1.82, 2.24) is 0 Å². The van der Waals surface area contributed by atoms with Crippen molar-refractivity contribution in [3.05, 3.63) is 22.8 Å². The summed E-state index contributed by atoms with van der Waals surface area (Å²) in [7, 11) is 0. The molecule has 1 aliphatic carbocycles. The SMILES string of the molecule is CC1=CC(C)=C(C)CCC1. The minimum Gasteiger partial charge on any atom is -0.0731 e. The van der Waals surface area contributed by atoms with Crippen LogP contribution < -0.4 is 0 Å². The zero-order valence-corrected chi connectivity index (χ0v) is 7.20. The molecule has 0 nitrogen and oxygen atoms in total. The van der Waals surface area contributed by atoms with E-state index in [1.54, 1.807) is 5.57 Å². The van der Waals surface area contributed by atoms with Crippen LogP contribution >= 0.6 is 0 Å². The molecule has 0 radical (unpaired) electrons. The van der Waals surface area contributed by atoms with Gasteiger partial charge >= 0.3 is 0 Å². The molecule has 0 heterocycles. The van der Waals surface area contributed by atoms with E-state index in [2.05, 4.69) is 26.8 Å². The fourth-order valence-corrected chi connectivity index (χ4v) is 1.39. The Bertz CT molecular complexity index is 182. The van der Waals surface area contributed by atoms with E-state index in [1.165, 1.54) is 30.4 Å². The standard InChI is InChI=1S/C10H16/c1-8-5-4-6-9(2)10(3)7-8/h7H,4-6H2,1-3H3. The summed E-state index contributed by atoms with van der Waals surface area (Å²) in [6.07, 6.45) is 6.24. The van der Waals surface area contributed by atoms with E-state index in [0.717, 1.165) is 0 Å². The van der Waals surface area contributed by atoms with Gasteiger partial charge in [-0.15, -0.1) is 0 Å². The molecule has 0 atom stereocenters. The number of rotatable bonds is 0. The third-order valence-corrected chi connectivity index (χ3v) is 2.26. The lowest BCUT2D eigenvalue weighted by Crippen LogP contribution is -1.77. The van der Waals surface area contributed by atoms with Crippen LogP contribution in [0.25, 0.3) is 0 Å². The summed E-state index contributed by atoms with van der Waals surface area (Å²) in [5.41, 5.74) is 4.58. The molecule has 0 amide bonds. The molecule has 10 heavy (non-hydrogen) atoms. The Morgan fingerprint density at radius 3 is 2.50 bits per heavy atom. The largest absolute Gasteiger partial charge is 0.0731 e. The van der Waals surface area contributed by atoms with Crippen molar-refractivity contribution in [2.45, 2.75) is 40.0 Å². The van der Waals surface area contributed by atoms with Gasteiger partial charge in [-0.1, -0.05) is 22.8 Å². The van der Waals surface area contributed by atoms with Crippen molar-refractivity contribution in [2.24, 2.45) is 0 Å². The average Bonchev–Trinajstić information content (AvgIpc) is 1.96. The molecule has 56 valence electrons. The van der Waals surface area contributed by atoms with Crippen LogP contribution in [-0.4, -0.2) is 0 Å². The van der Waals surface area contributed by atoms with Crippen molar-refractivity contribution >= 4 is 0 Å². The molecule has 1 rings (SSSR count). The van der Waals surface area contributed by atoms with Crippen LogP contribution in [-0.2, 0) is 0 Å². The topological polar surface area (TPSA) is 0 Å². The first-order chi connectivity index (χ1) is 4.70. The van der Waals surface area contributed by atoms with Crippen molar-refractivity contribution < 1.29 is 0 Å². The van der Waals surface area contributed by atoms with Crippen LogP contribution in [0.3, 0.4) is 0 Å². The van der Waals surface area contributed by atoms with Gasteiger partial charge in [0.15, 0.2) is 0 Å². The quantitative estimate of drug-likeness (QED) is 0.478. The van der Waals surface area contributed by atoms with Gasteiger partial charge in [-0.3, -0.25) is 0 Å². The summed E-state index contributed by atoms with van der Waals surface area (Å²) in [5, 5.41) is 0. The van der Waals surface area contributed by atoms with Crippen LogP contribution in [0, 0.1) is 0 Å². The lowest BCUT2D eigenvalue weighted by atomic mass is 10.1. The molecule has 0 fully saturated rings. The number of hydrogen-bond donors (Lipinski definition) is 0. The van der Waals surface area contributed by atoms with Crippen LogP contribution in [0.4, 0.5) is 0 Å². The van der Waals surface area contributed by atoms with Gasteiger partial charge in [0, 0.05) is 0 Å². The molecule has 0 bridgehead atoms. The summed E-state index contributed by atoms with van der Waals surface area (Å²) in [6.45, 7) is 6.68. The average molecular weight is 136 g/mol. The molecule has 1 aliphatic rings. The molecule has 0 aromatic carbocycles. The molecule has 0 aromatic rings. The molecule has 0 aromatic heterocycles. The van der Waals surface area contributed by atoms with Crippen LogP contribution in [0.5, 0.6) is 0 Å². The summed E-state index contributed by atoms with van der Waals surface area (Å²) >= 11 is 0. The smallest absolute Gasteiger partial charge is 0.0314 e. The highest BCUT2D eigenvalue weighted by molar-refractivity contribution is 5.27. The first-order valence-corrected chi connectivity index (χ1v) is 4.03. The lowest BCUT2D eigenvalue weighted by molar-refractivity contribution is 0.812. The van der Waals surface area contributed by atoms with Crippen molar-refractivity contribution in [2.75, 3.05) is 0 Å². The van der Waals surface area contributed by atoms with Gasteiger partial charge in [0.1, 0.15) is 0 Å². The number of hydrogen-bond acceptors (Lipinski definition) is 0. The maximum atomic E-state index is 2.32. The molecular formula is C10H16. The van der Waals surface area contributed by atoms with E-state index in [1.807, 2.05) is 0 Å². The second kappa shape index (κ2) is 3.05. The predicted molar refractivity (Wildman–Crippen MR) is 46.0 cm³/mol. The minimum absolute atomic E-state index is 1.29. The van der Waals surface area contributed by atoms with Gasteiger partial charge in [0.05, 0.1) is 0 Å². The van der Waals surface area contributed by atoms with E-state index < -0.39 is 0 Å². The van der Waals surface area contributed by atoms with Crippen LogP contribution in [0.15, 0.2) is 22.8 Å². The van der Waals surface area contributed by atoms with Crippen LogP contribution in [0.2, 0.25) is 0 Å². The second-order valence-electron chi connectivity index (χ2n) is 3.31. The maximum Gasteiger partial charge on any atom is -0.0314 e. The van der Waals surface area contributed by atoms with E-state index in [-0.39, 0.29) is 0 Å². The zero-order valence-electron chi connectivity index (χ0n) is 7.20.